The van der Waals surface area contributed by atoms with Gasteiger partial charge in [-0.3, -0.25) is 9.69 Å². The number of aromatic nitrogens is 3. The molecular formula is C16H20ClN5O2. The van der Waals surface area contributed by atoms with Gasteiger partial charge in [-0.05, 0) is 37.2 Å². The lowest BCUT2D eigenvalue weighted by molar-refractivity contribution is 0.0374. The van der Waals surface area contributed by atoms with E-state index in [-0.39, 0.29) is 5.91 Å². The van der Waals surface area contributed by atoms with E-state index in [4.69, 9.17) is 16.3 Å². The standard InChI is InChI=1S/C16H20ClN5O2/c17-13-2-4-14(5-3-13)22-12-15(19-20-22)16(23)18-6-1-7-21-8-10-24-11-9-21/h2-5,12H,1,6-11H2,(H,18,23). The molecule has 1 aromatic heterocycles. The quantitative estimate of drug-likeness (QED) is 0.797. The first-order valence-electron chi connectivity index (χ1n) is 7.99. The van der Waals surface area contributed by atoms with Crippen molar-refractivity contribution >= 4 is 17.5 Å². The Labute approximate surface area is 145 Å². The first-order valence-corrected chi connectivity index (χ1v) is 8.37. The van der Waals surface area contributed by atoms with E-state index < -0.39 is 0 Å². The Kier molecular flexibility index (Phi) is 5.79. The second kappa shape index (κ2) is 8.23. The number of nitrogens with one attached hydrogen (secondary N) is 1. The topological polar surface area (TPSA) is 72.3 Å². The molecule has 1 saturated heterocycles. The summed E-state index contributed by atoms with van der Waals surface area (Å²) in [6.07, 6.45) is 2.51. The van der Waals surface area contributed by atoms with Crippen LogP contribution in [-0.4, -0.2) is 65.2 Å². The van der Waals surface area contributed by atoms with Crippen LogP contribution in [0.15, 0.2) is 30.5 Å². The van der Waals surface area contributed by atoms with E-state index in [0.717, 1.165) is 45.0 Å². The minimum Gasteiger partial charge on any atom is -0.379 e. The van der Waals surface area contributed by atoms with Gasteiger partial charge < -0.3 is 10.1 Å². The fourth-order valence-electron chi connectivity index (χ4n) is 2.51. The van der Waals surface area contributed by atoms with E-state index >= 15 is 0 Å². The Bertz CT molecular complexity index is 667. The summed E-state index contributed by atoms with van der Waals surface area (Å²) in [5.74, 6) is -0.211. The minimum absolute atomic E-state index is 0.211. The number of nitrogens with zero attached hydrogens (tertiary/aromatic N) is 4. The average molecular weight is 350 g/mol. The van der Waals surface area contributed by atoms with E-state index in [9.17, 15) is 4.79 Å². The number of rotatable bonds is 6. The summed E-state index contributed by atoms with van der Waals surface area (Å²) in [7, 11) is 0. The van der Waals surface area contributed by atoms with Crippen molar-refractivity contribution in [3.8, 4) is 5.69 Å². The molecule has 2 aromatic rings. The molecule has 7 nitrogen and oxygen atoms in total. The zero-order valence-corrected chi connectivity index (χ0v) is 14.1. The smallest absolute Gasteiger partial charge is 0.273 e. The molecule has 128 valence electrons. The van der Waals surface area contributed by atoms with Crippen molar-refractivity contribution < 1.29 is 9.53 Å². The zero-order chi connectivity index (χ0) is 16.8. The largest absolute Gasteiger partial charge is 0.379 e. The molecule has 0 radical (unpaired) electrons. The van der Waals surface area contributed by atoms with Gasteiger partial charge in [-0.2, -0.15) is 0 Å². The van der Waals surface area contributed by atoms with Gasteiger partial charge in [0.05, 0.1) is 25.1 Å². The lowest BCUT2D eigenvalue weighted by Crippen LogP contribution is -2.38. The number of benzene rings is 1. The second-order valence-electron chi connectivity index (χ2n) is 5.59. The molecule has 0 saturated carbocycles. The molecule has 3 rings (SSSR count). The third-order valence-electron chi connectivity index (χ3n) is 3.86. The maximum absolute atomic E-state index is 12.1. The molecule has 8 heteroatoms. The van der Waals surface area contributed by atoms with E-state index in [1.165, 1.54) is 0 Å². The number of hydrogen-bond acceptors (Lipinski definition) is 5. The van der Waals surface area contributed by atoms with Crippen LogP contribution in [0.2, 0.25) is 5.02 Å². The van der Waals surface area contributed by atoms with Crippen LogP contribution in [0.25, 0.3) is 5.69 Å². The van der Waals surface area contributed by atoms with Gasteiger partial charge in [0.25, 0.3) is 5.91 Å². The van der Waals surface area contributed by atoms with Crippen LogP contribution in [0, 0.1) is 0 Å². The molecule has 1 fully saturated rings. The summed E-state index contributed by atoms with van der Waals surface area (Å²) >= 11 is 5.86. The van der Waals surface area contributed by atoms with Gasteiger partial charge >= 0.3 is 0 Å². The Morgan fingerprint density at radius 3 is 2.75 bits per heavy atom. The molecule has 1 N–H and O–H groups in total. The van der Waals surface area contributed by atoms with Gasteiger partial charge in [-0.15, -0.1) is 5.10 Å². The Morgan fingerprint density at radius 1 is 1.25 bits per heavy atom. The maximum atomic E-state index is 12.1. The number of halogens is 1. The Balaban J connectivity index is 1.46. The van der Waals surface area contributed by atoms with Crippen molar-refractivity contribution in [3.05, 3.63) is 41.2 Å². The number of morpholine rings is 1. The van der Waals surface area contributed by atoms with Crippen molar-refractivity contribution in [1.82, 2.24) is 25.2 Å². The van der Waals surface area contributed by atoms with Gasteiger partial charge in [-0.1, -0.05) is 16.8 Å². The highest BCUT2D eigenvalue weighted by Crippen LogP contribution is 2.12. The Hall–Kier alpha value is -1.96. The summed E-state index contributed by atoms with van der Waals surface area (Å²) in [4.78, 5) is 14.5. The first kappa shape index (κ1) is 16.9. The molecule has 1 aromatic carbocycles. The highest BCUT2D eigenvalue weighted by Gasteiger charge is 2.12. The number of amides is 1. The highest BCUT2D eigenvalue weighted by atomic mass is 35.5. The number of carbonyl (C=O) groups is 1. The molecule has 0 spiro atoms. The van der Waals surface area contributed by atoms with Crippen molar-refractivity contribution in [2.75, 3.05) is 39.4 Å². The molecule has 0 unspecified atom stereocenters. The van der Waals surface area contributed by atoms with Crippen molar-refractivity contribution in [2.24, 2.45) is 0 Å². The summed E-state index contributed by atoms with van der Waals surface area (Å²) in [6, 6.07) is 7.18. The van der Waals surface area contributed by atoms with Crippen LogP contribution in [-0.2, 0) is 4.74 Å². The summed E-state index contributed by atoms with van der Waals surface area (Å²) in [5.41, 5.74) is 1.11. The van der Waals surface area contributed by atoms with Gasteiger partial charge in [0.1, 0.15) is 0 Å². The third-order valence-corrected chi connectivity index (χ3v) is 4.11. The number of carbonyl (C=O) groups excluding carboxylic acids is 1. The van der Waals surface area contributed by atoms with Crippen LogP contribution in [0.5, 0.6) is 0 Å². The predicted octanol–water partition coefficient (Wildman–Crippen LogP) is 1.37. The van der Waals surface area contributed by atoms with E-state index in [1.807, 2.05) is 12.1 Å². The normalized spacial score (nSPS) is 15.4. The van der Waals surface area contributed by atoms with Crippen molar-refractivity contribution in [1.29, 1.82) is 0 Å². The van der Waals surface area contributed by atoms with E-state index in [2.05, 4.69) is 20.5 Å². The van der Waals surface area contributed by atoms with Crippen LogP contribution in [0.4, 0.5) is 0 Å². The fourth-order valence-corrected chi connectivity index (χ4v) is 2.63. The lowest BCUT2D eigenvalue weighted by Gasteiger charge is -2.26. The molecule has 1 amide bonds. The van der Waals surface area contributed by atoms with Crippen LogP contribution in [0.3, 0.4) is 0 Å². The summed E-state index contributed by atoms with van der Waals surface area (Å²) < 4.78 is 6.87. The van der Waals surface area contributed by atoms with Crippen LogP contribution >= 0.6 is 11.6 Å². The molecule has 0 atom stereocenters. The number of hydrogen-bond donors (Lipinski definition) is 1. The molecule has 0 aliphatic carbocycles. The van der Waals surface area contributed by atoms with Gasteiger partial charge in [0, 0.05) is 24.7 Å². The monoisotopic (exact) mass is 349 g/mol. The van der Waals surface area contributed by atoms with E-state index in [0.29, 0.717) is 17.3 Å². The maximum Gasteiger partial charge on any atom is 0.273 e. The summed E-state index contributed by atoms with van der Waals surface area (Å²) in [6.45, 7) is 5.08. The molecule has 24 heavy (non-hydrogen) atoms. The minimum atomic E-state index is -0.211. The SMILES string of the molecule is O=C(NCCCN1CCOCC1)c1cn(-c2ccc(Cl)cc2)nn1. The van der Waals surface area contributed by atoms with Crippen molar-refractivity contribution in [3.63, 3.8) is 0 Å². The van der Waals surface area contributed by atoms with Crippen LogP contribution in [0.1, 0.15) is 16.9 Å². The molecule has 1 aliphatic heterocycles. The summed E-state index contributed by atoms with van der Waals surface area (Å²) in [5, 5.41) is 11.4. The molecule has 2 heterocycles. The average Bonchev–Trinajstić information content (AvgIpc) is 3.10. The Morgan fingerprint density at radius 2 is 2.00 bits per heavy atom. The van der Waals surface area contributed by atoms with E-state index in [1.54, 1.807) is 23.0 Å². The second-order valence-corrected chi connectivity index (χ2v) is 6.02. The molecule has 1 aliphatic rings. The number of ether oxygens (including phenoxy) is 1. The lowest BCUT2D eigenvalue weighted by atomic mass is 10.3. The van der Waals surface area contributed by atoms with Gasteiger partial charge in [0.15, 0.2) is 5.69 Å². The predicted molar refractivity (Wildman–Crippen MR) is 90.6 cm³/mol. The zero-order valence-electron chi connectivity index (χ0n) is 13.3. The molecular weight excluding hydrogens is 330 g/mol. The highest BCUT2D eigenvalue weighted by molar-refractivity contribution is 6.30. The van der Waals surface area contributed by atoms with Gasteiger partial charge in [0.2, 0.25) is 0 Å². The first-order chi connectivity index (χ1) is 11.7. The molecule has 0 bridgehead atoms. The van der Waals surface area contributed by atoms with Gasteiger partial charge in [-0.25, -0.2) is 4.68 Å². The van der Waals surface area contributed by atoms with Crippen molar-refractivity contribution in [2.45, 2.75) is 6.42 Å². The third kappa shape index (κ3) is 4.53. The fraction of sp³-hybridized carbons (Fsp3) is 0.438. The van der Waals surface area contributed by atoms with Crippen LogP contribution < -0.4 is 5.32 Å².